The van der Waals surface area contributed by atoms with E-state index in [0.717, 1.165) is 22.4 Å². The van der Waals surface area contributed by atoms with E-state index in [0.29, 0.717) is 23.4 Å². The predicted octanol–water partition coefficient (Wildman–Crippen LogP) is 5.73. The number of hydrogen-bond acceptors (Lipinski definition) is 5. The monoisotopic (exact) mass is 485 g/mol. The molecule has 1 amide bonds. The largest absolute Gasteiger partial charge is 0.497 e. The van der Waals surface area contributed by atoms with Crippen LogP contribution >= 0.6 is 0 Å². The van der Waals surface area contributed by atoms with Crippen LogP contribution in [0.15, 0.2) is 66.7 Å². The van der Waals surface area contributed by atoms with E-state index >= 15 is 0 Å². The van der Waals surface area contributed by atoms with Gasteiger partial charge in [0.05, 0.1) is 19.6 Å². The quantitative estimate of drug-likeness (QED) is 0.316. The number of methoxy groups -OCH3 is 1. The van der Waals surface area contributed by atoms with Gasteiger partial charge < -0.3 is 14.4 Å². The number of carbonyl (C=O) groups is 3. The van der Waals surface area contributed by atoms with Crippen LogP contribution in [0.25, 0.3) is 0 Å². The van der Waals surface area contributed by atoms with Crippen molar-refractivity contribution in [3.8, 4) is 5.75 Å². The fraction of sp³-hybridized carbons (Fsp3) is 0.300. The molecule has 6 heteroatoms. The van der Waals surface area contributed by atoms with E-state index in [1.807, 2.05) is 70.2 Å². The Morgan fingerprint density at radius 1 is 0.972 bits per heavy atom. The summed E-state index contributed by atoms with van der Waals surface area (Å²) in [5.74, 6) is -0.111. The van der Waals surface area contributed by atoms with Gasteiger partial charge in [-0.1, -0.05) is 24.3 Å². The third-order valence-electron chi connectivity index (χ3n) is 6.22. The third-order valence-corrected chi connectivity index (χ3v) is 6.22. The molecule has 1 aliphatic rings. The summed E-state index contributed by atoms with van der Waals surface area (Å²) in [5.41, 5.74) is 3.98. The molecule has 0 radical (unpaired) electrons. The highest BCUT2D eigenvalue weighted by Gasteiger charge is 2.29. The number of carbonyl (C=O) groups excluding carboxylic acids is 3. The van der Waals surface area contributed by atoms with Gasteiger partial charge in [0.15, 0.2) is 5.78 Å². The molecule has 4 rings (SSSR count). The van der Waals surface area contributed by atoms with E-state index in [2.05, 4.69) is 0 Å². The van der Waals surface area contributed by atoms with Crippen LogP contribution in [-0.4, -0.2) is 30.4 Å². The smallest absolute Gasteiger partial charge is 0.313 e. The second-order valence-corrected chi connectivity index (χ2v) is 10.1. The highest BCUT2D eigenvalue weighted by Crippen LogP contribution is 2.31. The van der Waals surface area contributed by atoms with Crippen molar-refractivity contribution in [1.29, 1.82) is 0 Å². The molecule has 1 unspecified atom stereocenters. The van der Waals surface area contributed by atoms with E-state index < -0.39 is 11.5 Å². The summed E-state index contributed by atoms with van der Waals surface area (Å²) in [6, 6.07) is 20.1. The predicted molar refractivity (Wildman–Crippen MR) is 139 cm³/mol. The number of ether oxygens (including phenoxy) is 2. The molecule has 3 aromatic rings. The Labute approximate surface area is 211 Å². The Balaban J connectivity index is 1.45. The van der Waals surface area contributed by atoms with Gasteiger partial charge in [-0.25, -0.2) is 0 Å². The number of hydrogen-bond donors (Lipinski definition) is 0. The molecular formula is C30H31NO5. The molecule has 36 heavy (non-hydrogen) atoms. The summed E-state index contributed by atoms with van der Waals surface area (Å²) in [7, 11) is 1.58. The van der Waals surface area contributed by atoms with Gasteiger partial charge in [-0.2, -0.15) is 0 Å². The number of anilines is 1. The molecule has 0 aliphatic carbocycles. The number of esters is 1. The molecule has 0 aromatic heterocycles. The summed E-state index contributed by atoms with van der Waals surface area (Å²) >= 11 is 0. The molecule has 1 atom stereocenters. The fourth-order valence-corrected chi connectivity index (χ4v) is 4.20. The SMILES string of the molecule is COc1ccc(C(=O)Cc2ccc3c(c2)C(=O)N(c2ccc(C(C)C(=O)OC(C)(C)C)cc2)C3)cc1. The number of nitrogens with zero attached hydrogens (tertiary/aromatic N) is 1. The fourth-order valence-electron chi connectivity index (χ4n) is 4.20. The van der Waals surface area contributed by atoms with Crippen LogP contribution < -0.4 is 9.64 Å². The minimum absolute atomic E-state index is 0.0189. The molecule has 0 fully saturated rings. The lowest BCUT2D eigenvalue weighted by Gasteiger charge is -2.23. The maximum absolute atomic E-state index is 13.2. The number of amides is 1. The Bertz CT molecular complexity index is 1290. The Morgan fingerprint density at radius 2 is 1.64 bits per heavy atom. The van der Waals surface area contributed by atoms with Crippen molar-refractivity contribution in [2.75, 3.05) is 12.0 Å². The average molecular weight is 486 g/mol. The lowest BCUT2D eigenvalue weighted by Crippen LogP contribution is -2.27. The molecule has 0 saturated carbocycles. The topological polar surface area (TPSA) is 72.9 Å². The summed E-state index contributed by atoms with van der Waals surface area (Å²) in [5, 5.41) is 0. The highest BCUT2D eigenvalue weighted by molar-refractivity contribution is 6.10. The molecule has 3 aromatic carbocycles. The van der Waals surface area contributed by atoms with Gasteiger partial charge in [0.25, 0.3) is 5.91 Å². The van der Waals surface area contributed by atoms with Crippen molar-refractivity contribution in [2.45, 2.75) is 52.2 Å². The van der Waals surface area contributed by atoms with Gasteiger partial charge in [0, 0.05) is 23.2 Å². The highest BCUT2D eigenvalue weighted by atomic mass is 16.6. The Kier molecular flexibility index (Phi) is 6.97. The molecule has 0 bridgehead atoms. The van der Waals surface area contributed by atoms with E-state index in [4.69, 9.17) is 9.47 Å². The van der Waals surface area contributed by atoms with Crippen LogP contribution in [0.3, 0.4) is 0 Å². The maximum atomic E-state index is 13.2. The van der Waals surface area contributed by atoms with Gasteiger partial charge in [-0.3, -0.25) is 14.4 Å². The number of fused-ring (bicyclic) bond motifs is 1. The van der Waals surface area contributed by atoms with Gasteiger partial charge in [0.1, 0.15) is 11.4 Å². The van der Waals surface area contributed by atoms with Crippen LogP contribution in [-0.2, 0) is 22.5 Å². The van der Waals surface area contributed by atoms with Crippen LogP contribution in [0.5, 0.6) is 5.75 Å². The zero-order valence-corrected chi connectivity index (χ0v) is 21.3. The van der Waals surface area contributed by atoms with Crippen LogP contribution in [0, 0.1) is 0 Å². The summed E-state index contributed by atoms with van der Waals surface area (Å²) in [6.45, 7) is 7.81. The van der Waals surface area contributed by atoms with Crippen LogP contribution in [0.1, 0.15) is 71.0 Å². The Hall–Kier alpha value is -3.93. The maximum Gasteiger partial charge on any atom is 0.313 e. The van der Waals surface area contributed by atoms with Crippen molar-refractivity contribution in [2.24, 2.45) is 0 Å². The second-order valence-electron chi connectivity index (χ2n) is 10.1. The molecular weight excluding hydrogens is 454 g/mol. The van der Waals surface area contributed by atoms with Gasteiger partial charge >= 0.3 is 5.97 Å². The number of Topliss-reactive ketones (excluding diaryl/α,β-unsaturated/α-hetero) is 1. The van der Waals surface area contributed by atoms with Crippen LogP contribution in [0.4, 0.5) is 5.69 Å². The second kappa shape index (κ2) is 9.97. The standard InChI is InChI=1S/C30H31NO5/c1-19(29(34)36-30(2,3)4)21-8-12-24(13-9-21)31-18-23-7-6-20(16-26(23)28(31)33)17-27(32)22-10-14-25(35-5)15-11-22/h6-16,19H,17-18H2,1-5H3. The van der Waals surface area contributed by atoms with E-state index in [9.17, 15) is 14.4 Å². The van der Waals surface area contributed by atoms with Crippen molar-refractivity contribution < 1.29 is 23.9 Å². The van der Waals surface area contributed by atoms with E-state index in [1.165, 1.54) is 0 Å². The van der Waals surface area contributed by atoms with Crippen molar-refractivity contribution in [3.63, 3.8) is 0 Å². The first-order chi connectivity index (χ1) is 17.1. The zero-order valence-electron chi connectivity index (χ0n) is 21.3. The molecule has 0 saturated heterocycles. The molecule has 6 nitrogen and oxygen atoms in total. The van der Waals surface area contributed by atoms with E-state index in [-0.39, 0.29) is 24.1 Å². The normalized spacial score (nSPS) is 13.8. The van der Waals surface area contributed by atoms with Crippen molar-refractivity contribution in [3.05, 3.63) is 94.5 Å². The van der Waals surface area contributed by atoms with Crippen molar-refractivity contribution >= 4 is 23.3 Å². The first kappa shape index (κ1) is 25.2. The lowest BCUT2D eigenvalue weighted by atomic mass is 9.99. The number of rotatable bonds is 7. The third kappa shape index (κ3) is 5.48. The molecule has 186 valence electrons. The van der Waals surface area contributed by atoms with Gasteiger partial charge in [-0.15, -0.1) is 0 Å². The molecule has 0 spiro atoms. The first-order valence-corrected chi connectivity index (χ1v) is 12.0. The zero-order chi connectivity index (χ0) is 26.0. The van der Waals surface area contributed by atoms with Crippen molar-refractivity contribution in [1.82, 2.24) is 0 Å². The van der Waals surface area contributed by atoms with Gasteiger partial charge in [-0.05, 0) is 86.8 Å². The Morgan fingerprint density at radius 3 is 2.25 bits per heavy atom. The molecule has 1 aliphatic heterocycles. The number of benzene rings is 3. The van der Waals surface area contributed by atoms with E-state index in [1.54, 1.807) is 36.3 Å². The van der Waals surface area contributed by atoms with Crippen LogP contribution in [0.2, 0.25) is 0 Å². The molecule has 0 N–H and O–H groups in total. The average Bonchev–Trinajstić information content (AvgIpc) is 3.18. The minimum atomic E-state index is -0.545. The number of ketones is 1. The molecule has 1 heterocycles. The summed E-state index contributed by atoms with van der Waals surface area (Å²) in [4.78, 5) is 40.1. The lowest BCUT2D eigenvalue weighted by molar-refractivity contribution is -0.156. The minimum Gasteiger partial charge on any atom is -0.497 e. The first-order valence-electron chi connectivity index (χ1n) is 12.0. The summed E-state index contributed by atoms with van der Waals surface area (Å²) in [6.07, 6.45) is 0.212. The van der Waals surface area contributed by atoms with Gasteiger partial charge in [0.2, 0.25) is 0 Å². The summed E-state index contributed by atoms with van der Waals surface area (Å²) < 4.78 is 10.6.